The van der Waals surface area contributed by atoms with Crippen LogP contribution in [-0.4, -0.2) is 29.7 Å². The fourth-order valence-corrected chi connectivity index (χ4v) is 0.400. The van der Waals surface area contributed by atoms with Gasteiger partial charge in [0.15, 0.2) is 6.19 Å². The van der Waals surface area contributed by atoms with Crippen molar-refractivity contribution in [2.24, 2.45) is 0 Å². The summed E-state index contributed by atoms with van der Waals surface area (Å²) in [6, 6.07) is 0. The number of aliphatic hydroxyl groups excluding tert-OH is 1. The van der Waals surface area contributed by atoms with Crippen LogP contribution in [0.15, 0.2) is 0 Å². The van der Waals surface area contributed by atoms with E-state index in [0.717, 1.165) is 0 Å². The van der Waals surface area contributed by atoms with E-state index in [1.54, 1.807) is 0 Å². The molecule has 0 rings (SSSR count). The number of rotatable bonds is 3. The molecule has 0 unspecified atom stereocenters. The van der Waals surface area contributed by atoms with Gasteiger partial charge in [0.25, 0.3) is 0 Å². The molecule has 0 spiro atoms. The van der Waals surface area contributed by atoms with Gasteiger partial charge in [-0.2, -0.15) is 5.26 Å². The number of aliphatic hydroxyl groups is 1. The molecular formula is C5H10N2O. The zero-order valence-electron chi connectivity index (χ0n) is 4.96. The molecule has 0 aromatic carbocycles. The molecule has 0 heterocycles. The van der Waals surface area contributed by atoms with Crippen molar-refractivity contribution in [3.05, 3.63) is 0 Å². The number of likely N-dealkylation sites (N-methyl/N-ethyl adjacent to an activating group) is 1. The number of hydrogen-bond acceptors (Lipinski definition) is 3. The van der Waals surface area contributed by atoms with Gasteiger partial charge in [-0.1, -0.05) is 0 Å². The maximum atomic E-state index is 8.31. The van der Waals surface area contributed by atoms with Crippen LogP contribution in [0.2, 0.25) is 0 Å². The lowest BCUT2D eigenvalue weighted by Gasteiger charge is -2.08. The summed E-state index contributed by atoms with van der Waals surface area (Å²) in [5.74, 6) is 0. The van der Waals surface area contributed by atoms with E-state index in [4.69, 9.17) is 10.4 Å². The number of nitrogens with zero attached hydrogens (tertiary/aromatic N) is 2. The molecule has 0 atom stereocenters. The van der Waals surface area contributed by atoms with Crippen LogP contribution in [0.5, 0.6) is 0 Å². The average Bonchev–Trinajstić information content (AvgIpc) is 1.83. The van der Waals surface area contributed by atoms with Gasteiger partial charge in [-0.25, -0.2) is 0 Å². The van der Waals surface area contributed by atoms with E-state index in [2.05, 4.69) is 0 Å². The Hall–Kier alpha value is -0.750. The zero-order chi connectivity index (χ0) is 6.41. The number of nitriles is 1. The molecule has 0 fully saturated rings. The van der Waals surface area contributed by atoms with E-state index in [0.29, 0.717) is 13.1 Å². The molecule has 1 N–H and O–H groups in total. The Labute approximate surface area is 49.1 Å². The zero-order valence-corrected chi connectivity index (χ0v) is 4.96. The third-order valence-electron chi connectivity index (χ3n) is 0.893. The van der Waals surface area contributed by atoms with Crippen molar-refractivity contribution in [1.29, 1.82) is 5.26 Å². The fraction of sp³-hybridized carbons (Fsp3) is 0.800. The Morgan fingerprint density at radius 1 is 1.75 bits per heavy atom. The van der Waals surface area contributed by atoms with Crippen molar-refractivity contribution >= 4 is 0 Å². The minimum Gasteiger partial charge on any atom is -0.395 e. The molecule has 3 heteroatoms. The molecule has 0 radical (unpaired) electrons. The highest BCUT2D eigenvalue weighted by Gasteiger charge is 1.92. The smallest absolute Gasteiger partial charge is 0.179 e. The van der Waals surface area contributed by atoms with E-state index in [1.807, 2.05) is 13.1 Å². The van der Waals surface area contributed by atoms with Crippen molar-refractivity contribution in [3.8, 4) is 6.19 Å². The van der Waals surface area contributed by atoms with Crippen molar-refractivity contribution < 1.29 is 5.11 Å². The first-order valence-corrected chi connectivity index (χ1v) is 2.60. The van der Waals surface area contributed by atoms with Crippen LogP contribution >= 0.6 is 0 Å². The Balaban J connectivity index is 3.26. The molecule has 0 amide bonds. The van der Waals surface area contributed by atoms with Crippen molar-refractivity contribution in [3.63, 3.8) is 0 Å². The summed E-state index contributed by atoms with van der Waals surface area (Å²) in [5.41, 5.74) is 0. The first kappa shape index (κ1) is 7.25. The predicted octanol–water partition coefficient (Wildman–Crippen LogP) is -0.218. The Kier molecular flexibility index (Phi) is 4.00. The van der Waals surface area contributed by atoms with Crippen LogP contribution in [0.4, 0.5) is 0 Å². The van der Waals surface area contributed by atoms with Crippen LogP contribution in [0.1, 0.15) is 6.92 Å². The first-order valence-electron chi connectivity index (χ1n) is 2.60. The van der Waals surface area contributed by atoms with Gasteiger partial charge in [0.1, 0.15) is 0 Å². The topological polar surface area (TPSA) is 47.3 Å². The highest BCUT2D eigenvalue weighted by molar-refractivity contribution is 4.70. The Bertz CT molecular complexity index is 86.9. The summed E-state index contributed by atoms with van der Waals surface area (Å²) in [5, 5.41) is 16.5. The van der Waals surface area contributed by atoms with Gasteiger partial charge in [0, 0.05) is 6.54 Å². The van der Waals surface area contributed by atoms with Crippen LogP contribution in [0.25, 0.3) is 0 Å². The van der Waals surface area contributed by atoms with E-state index >= 15 is 0 Å². The molecule has 0 saturated carbocycles. The summed E-state index contributed by atoms with van der Waals surface area (Å²) >= 11 is 0. The molecule has 3 nitrogen and oxygen atoms in total. The van der Waals surface area contributed by atoms with E-state index < -0.39 is 0 Å². The Morgan fingerprint density at radius 3 is 2.50 bits per heavy atom. The van der Waals surface area contributed by atoms with Gasteiger partial charge in [-0.05, 0) is 6.92 Å². The predicted molar refractivity (Wildman–Crippen MR) is 29.9 cm³/mol. The van der Waals surface area contributed by atoms with E-state index in [-0.39, 0.29) is 6.61 Å². The summed E-state index contributed by atoms with van der Waals surface area (Å²) in [4.78, 5) is 1.49. The van der Waals surface area contributed by atoms with Crippen LogP contribution in [0.3, 0.4) is 0 Å². The van der Waals surface area contributed by atoms with Crippen LogP contribution in [-0.2, 0) is 0 Å². The quantitative estimate of drug-likeness (QED) is 0.407. The summed E-state index contributed by atoms with van der Waals surface area (Å²) in [7, 11) is 0. The molecule has 0 aliphatic rings. The lowest BCUT2D eigenvalue weighted by Crippen LogP contribution is -2.20. The maximum Gasteiger partial charge on any atom is 0.179 e. The maximum absolute atomic E-state index is 8.31. The minimum absolute atomic E-state index is 0.0569. The highest BCUT2D eigenvalue weighted by atomic mass is 16.3. The highest BCUT2D eigenvalue weighted by Crippen LogP contribution is 1.79. The second kappa shape index (κ2) is 4.41. The van der Waals surface area contributed by atoms with Crippen molar-refractivity contribution in [2.75, 3.05) is 19.7 Å². The molecule has 0 aromatic rings. The largest absolute Gasteiger partial charge is 0.395 e. The fourth-order valence-electron chi connectivity index (χ4n) is 0.400. The molecule has 0 bridgehead atoms. The first-order chi connectivity index (χ1) is 3.85. The molecule has 0 saturated heterocycles. The summed E-state index contributed by atoms with van der Waals surface area (Å²) in [6.07, 6.45) is 1.93. The van der Waals surface area contributed by atoms with Crippen molar-refractivity contribution in [1.82, 2.24) is 4.90 Å². The normalized spacial score (nSPS) is 8.12. The lowest BCUT2D eigenvalue weighted by molar-refractivity contribution is 0.246. The minimum atomic E-state index is 0.0569. The van der Waals surface area contributed by atoms with Gasteiger partial charge < -0.3 is 10.0 Å². The van der Waals surface area contributed by atoms with Crippen LogP contribution in [0, 0.1) is 11.5 Å². The van der Waals surface area contributed by atoms with E-state index in [9.17, 15) is 0 Å². The summed E-state index contributed by atoms with van der Waals surface area (Å²) < 4.78 is 0. The second-order valence-corrected chi connectivity index (χ2v) is 1.40. The molecular weight excluding hydrogens is 104 g/mol. The van der Waals surface area contributed by atoms with E-state index in [1.165, 1.54) is 4.90 Å². The van der Waals surface area contributed by atoms with Crippen LogP contribution < -0.4 is 0 Å². The van der Waals surface area contributed by atoms with Gasteiger partial charge >= 0.3 is 0 Å². The molecule has 0 aliphatic heterocycles. The Morgan fingerprint density at radius 2 is 2.38 bits per heavy atom. The van der Waals surface area contributed by atoms with Gasteiger partial charge in [0.2, 0.25) is 0 Å². The summed E-state index contributed by atoms with van der Waals surface area (Å²) in [6.45, 7) is 3.06. The molecule has 8 heavy (non-hydrogen) atoms. The van der Waals surface area contributed by atoms with Gasteiger partial charge in [-0.3, -0.25) is 0 Å². The standard InChI is InChI=1S/C5H10N2O/c1-2-7(5-6)3-4-8/h8H,2-4H2,1H3. The third kappa shape index (κ3) is 2.43. The molecule has 0 aromatic heterocycles. The average molecular weight is 114 g/mol. The second-order valence-electron chi connectivity index (χ2n) is 1.40. The lowest BCUT2D eigenvalue weighted by atomic mass is 10.5. The van der Waals surface area contributed by atoms with Crippen molar-refractivity contribution in [2.45, 2.75) is 6.92 Å². The molecule has 46 valence electrons. The molecule has 0 aliphatic carbocycles. The van der Waals surface area contributed by atoms with Gasteiger partial charge in [-0.15, -0.1) is 0 Å². The van der Waals surface area contributed by atoms with Gasteiger partial charge in [0.05, 0.1) is 13.2 Å². The SMILES string of the molecule is CCN(C#N)CCO. The monoisotopic (exact) mass is 114 g/mol. The number of hydrogen-bond donors (Lipinski definition) is 1. The third-order valence-corrected chi connectivity index (χ3v) is 0.893.